The van der Waals surface area contributed by atoms with Crippen molar-refractivity contribution in [1.29, 1.82) is 0 Å². The Morgan fingerprint density at radius 2 is 1.80 bits per heavy atom. The number of fused-ring (bicyclic) bond motifs is 2. The van der Waals surface area contributed by atoms with Gasteiger partial charge in [0.2, 0.25) is 5.76 Å². The molecule has 35 heavy (non-hydrogen) atoms. The van der Waals surface area contributed by atoms with Crippen LogP contribution in [0.25, 0.3) is 11.0 Å². The molecule has 2 heterocycles. The number of nitrogens with zero attached hydrogens (tertiary/aromatic N) is 1. The van der Waals surface area contributed by atoms with Crippen LogP contribution in [0.2, 0.25) is 0 Å². The number of rotatable bonds is 8. The third-order valence-corrected chi connectivity index (χ3v) is 6.81. The highest BCUT2D eigenvalue weighted by atomic mass is 79.9. The monoisotopic (exact) mass is 531 g/mol. The van der Waals surface area contributed by atoms with Crippen molar-refractivity contribution in [3.63, 3.8) is 0 Å². The van der Waals surface area contributed by atoms with Crippen LogP contribution in [0.4, 0.5) is 0 Å². The fourth-order valence-corrected chi connectivity index (χ4v) is 4.96. The Kier molecular flexibility index (Phi) is 6.73. The molecule has 1 unspecified atom stereocenters. The summed E-state index contributed by atoms with van der Waals surface area (Å²) < 4.78 is 12.8. The zero-order valence-corrected chi connectivity index (χ0v) is 21.1. The molecule has 178 valence electrons. The van der Waals surface area contributed by atoms with E-state index < -0.39 is 6.04 Å². The molecule has 0 N–H and O–H groups in total. The van der Waals surface area contributed by atoms with Crippen LogP contribution in [0.1, 0.15) is 59.5 Å². The molecule has 1 aliphatic rings. The van der Waals surface area contributed by atoms with Crippen LogP contribution in [-0.4, -0.2) is 17.4 Å². The first-order chi connectivity index (χ1) is 17.1. The van der Waals surface area contributed by atoms with Crippen LogP contribution in [0.5, 0.6) is 5.75 Å². The van der Waals surface area contributed by atoms with E-state index in [0.29, 0.717) is 29.7 Å². The van der Waals surface area contributed by atoms with Crippen LogP contribution < -0.4 is 10.2 Å². The summed E-state index contributed by atoms with van der Waals surface area (Å²) in [6.07, 6.45) is 3.22. The molecular weight excluding hydrogens is 506 g/mol. The third-order valence-electron chi connectivity index (χ3n) is 6.31. The summed E-state index contributed by atoms with van der Waals surface area (Å²) in [6, 6.07) is 22.2. The van der Waals surface area contributed by atoms with Gasteiger partial charge in [-0.15, -0.1) is 0 Å². The summed E-state index contributed by atoms with van der Waals surface area (Å²) in [4.78, 5) is 29.1. The number of benzene rings is 3. The van der Waals surface area contributed by atoms with Crippen LogP contribution in [0.3, 0.4) is 0 Å². The number of unbranched alkanes of at least 4 members (excludes halogenated alkanes) is 2. The van der Waals surface area contributed by atoms with E-state index in [0.717, 1.165) is 40.6 Å². The normalized spacial score (nSPS) is 15.0. The average molecular weight is 532 g/mol. The van der Waals surface area contributed by atoms with Crippen LogP contribution in [0, 0.1) is 0 Å². The molecule has 3 aromatic carbocycles. The maximum absolute atomic E-state index is 13.7. The van der Waals surface area contributed by atoms with Crippen molar-refractivity contribution >= 4 is 32.8 Å². The van der Waals surface area contributed by atoms with E-state index in [1.165, 1.54) is 0 Å². The average Bonchev–Trinajstić information content (AvgIpc) is 3.15. The summed E-state index contributed by atoms with van der Waals surface area (Å²) in [7, 11) is 0. The first kappa shape index (κ1) is 23.4. The summed E-state index contributed by atoms with van der Waals surface area (Å²) in [6.45, 7) is 3.14. The number of amides is 1. The van der Waals surface area contributed by atoms with Gasteiger partial charge < -0.3 is 14.1 Å². The van der Waals surface area contributed by atoms with E-state index in [2.05, 4.69) is 22.9 Å². The van der Waals surface area contributed by atoms with Crippen LogP contribution >= 0.6 is 15.9 Å². The number of hydrogen-bond acceptors (Lipinski definition) is 4. The molecule has 1 aliphatic heterocycles. The van der Waals surface area contributed by atoms with Gasteiger partial charge in [-0.2, -0.15) is 0 Å². The van der Waals surface area contributed by atoms with Crippen LogP contribution in [-0.2, 0) is 6.54 Å². The number of halogens is 1. The standard InChI is InChI=1S/C29H26BrNO4/c1-2-3-7-15-34-22-12-8-11-20(16-22)26-25-27(32)23-17-21(30)13-14-24(23)35-28(25)29(33)31(26)18-19-9-5-4-6-10-19/h4-6,8-14,16-17,26H,2-3,7,15,18H2,1H3. The first-order valence-corrected chi connectivity index (χ1v) is 12.7. The Hall–Kier alpha value is -3.38. The second-order valence-corrected chi connectivity index (χ2v) is 9.68. The molecule has 0 fully saturated rings. The molecule has 0 saturated heterocycles. The minimum atomic E-state index is -0.573. The highest BCUT2D eigenvalue weighted by Crippen LogP contribution is 2.40. The lowest BCUT2D eigenvalue weighted by Gasteiger charge is -2.25. The maximum Gasteiger partial charge on any atom is 0.291 e. The van der Waals surface area contributed by atoms with Gasteiger partial charge in [0.05, 0.1) is 23.6 Å². The van der Waals surface area contributed by atoms with Crippen molar-refractivity contribution in [2.24, 2.45) is 0 Å². The SMILES string of the molecule is CCCCCOc1cccc(C2c3c(oc4ccc(Br)cc4c3=O)C(=O)N2Cc2ccccc2)c1. The molecule has 0 saturated carbocycles. The molecule has 1 amide bonds. The van der Waals surface area contributed by atoms with E-state index in [1.807, 2.05) is 54.6 Å². The van der Waals surface area contributed by atoms with Gasteiger partial charge in [-0.1, -0.05) is 78.2 Å². The van der Waals surface area contributed by atoms with Crippen molar-refractivity contribution in [3.05, 3.63) is 110 Å². The fraction of sp³-hybridized carbons (Fsp3) is 0.241. The molecule has 1 atom stereocenters. The van der Waals surface area contributed by atoms with Gasteiger partial charge in [0.15, 0.2) is 5.43 Å². The smallest absolute Gasteiger partial charge is 0.291 e. The fourth-order valence-electron chi connectivity index (χ4n) is 4.60. The van der Waals surface area contributed by atoms with Crippen molar-refractivity contribution in [3.8, 4) is 5.75 Å². The van der Waals surface area contributed by atoms with E-state index in [1.54, 1.807) is 23.1 Å². The lowest BCUT2D eigenvalue weighted by atomic mass is 9.98. The highest BCUT2D eigenvalue weighted by molar-refractivity contribution is 9.10. The van der Waals surface area contributed by atoms with Crippen molar-refractivity contribution in [2.75, 3.05) is 6.61 Å². The van der Waals surface area contributed by atoms with E-state index >= 15 is 0 Å². The zero-order chi connectivity index (χ0) is 24.4. The Morgan fingerprint density at radius 1 is 0.971 bits per heavy atom. The van der Waals surface area contributed by atoms with Gasteiger partial charge in [-0.25, -0.2) is 0 Å². The molecule has 4 aromatic rings. The van der Waals surface area contributed by atoms with Crippen LogP contribution in [0.15, 0.2) is 86.5 Å². The number of hydrogen-bond donors (Lipinski definition) is 0. The molecule has 5 rings (SSSR count). The summed E-state index contributed by atoms with van der Waals surface area (Å²) >= 11 is 3.45. The number of carbonyl (C=O) groups excluding carboxylic acids is 1. The molecule has 0 radical (unpaired) electrons. The predicted octanol–water partition coefficient (Wildman–Crippen LogP) is 6.87. The lowest BCUT2D eigenvalue weighted by molar-refractivity contribution is 0.0714. The molecule has 0 bridgehead atoms. The van der Waals surface area contributed by atoms with Crippen molar-refractivity contribution in [1.82, 2.24) is 4.90 Å². The quantitative estimate of drug-likeness (QED) is 0.233. The summed E-state index contributed by atoms with van der Waals surface area (Å²) in [5.74, 6) is 0.553. The second-order valence-electron chi connectivity index (χ2n) is 8.76. The first-order valence-electron chi connectivity index (χ1n) is 11.9. The predicted molar refractivity (Wildman–Crippen MR) is 140 cm³/mol. The molecule has 0 aliphatic carbocycles. The van der Waals surface area contributed by atoms with Crippen molar-refractivity contribution < 1.29 is 13.9 Å². The Balaban J connectivity index is 1.62. The molecule has 0 spiro atoms. The highest BCUT2D eigenvalue weighted by Gasteiger charge is 2.42. The Labute approximate surface area is 212 Å². The van der Waals surface area contributed by atoms with Crippen molar-refractivity contribution in [2.45, 2.75) is 38.8 Å². The van der Waals surface area contributed by atoms with Gasteiger partial charge in [0.1, 0.15) is 11.3 Å². The van der Waals surface area contributed by atoms with E-state index in [9.17, 15) is 9.59 Å². The van der Waals surface area contributed by atoms with E-state index in [-0.39, 0.29) is 17.1 Å². The zero-order valence-electron chi connectivity index (χ0n) is 19.5. The lowest BCUT2D eigenvalue weighted by Crippen LogP contribution is -2.29. The third kappa shape index (κ3) is 4.63. The van der Waals surface area contributed by atoms with Gasteiger partial charge in [-0.3, -0.25) is 9.59 Å². The molecule has 6 heteroatoms. The van der Waals surface area contributed by atoms with Gasteiger partial charge >= 0.3 is 0 Å². The Bertz CT molecular complexity index is 1430. The number of carbonyl (C=O) groups is 1. The molecule has 1 aromatic heterocycles. The minimum Gasteiger partial charge on any atom is -0.494 e. The molecular formula is C29H26BrNO4. The van der Waals surface area contributed by atoms with Gasteiger partial charge in [0.25, 0.3) is 5.91 Å². The minimum absolute atomic E-state index is 0.111. The maximum atomic E-state index is 13.7. The Morgan fingerprint density at radius 3 is 2.60 bits per heavy atom. The van der Waals surface area contributed by atoms with Gasteiger partial charge in [0, 0.05) is 11.0 Å². The summed E-state index contributed by atoms with van der Waals surface area (Å²) in [5.41, 5.74) is 2.39. The van der Waals surface area contributed by atoms with E-state index in [4.69, 9.17) is 9.15 Å². The van der Waals surface area contributed by atoms with Gasteiger partial charge in [-0.05, 0) is 47.9 Å². The number of ether oxygens (including phenoxy) is 1. The molecule has 5 nitrogen and oxygen atoms in total. The topological polar surface area (TPSA) is 59.8 Å². The summed E-state index contributed by atoms with van der Waals surface area (Å²) in [5, 5.41) is 0.449. The second kappa shape index (κ2) is 10.1. The largest absolute Gasteiger partial charge is 0.494 e.